The molecule has 1 aliphatic heterocycles. The molecule has 1 aromatic carbocycles. The molecule has 2 heterocycles. The monoisotopic (exact) mass is 413 g/mol. The molecule has 0 bridgehead atoms. The lowest BCUT2D eigenvalue weighted by Gasteiger charge is -2.29. The third kappa shape index (κ3) is 4.92. The van der Waals surface area contributed by atoms with Gasteiger partial charge >= 0.3 is 0 Å². The van der Waals surface area contributed by atoms with E-state index in [0.717, 1.165) is 13.1 Å². The lowest BCUT2D eigenvalue weighted by Crippen LogP contribution is -3.11. The zero-order valence-corrected chi connectivity index (χ0v) is 17.0. The summed E-state index contributed by atoms with van der Waals surface area (Å²) in [7, 11) is 0. The van der Waals surface area contributed by atoms with Crippen molar-refractivity contribution in [2.75, 3.05) is 19.7 Å². The first-order chi connectivity index (χ1) is 12.5. The van der Waals surface area contributed by atoms with Crippen molar-refractivity contribution in [2.24, 2.45) is 0 Å². The van der Waals surface area contributed by atoms with E-state index in [9.17, 15) is 4.79 Å². The average molecular weight is 414 g/mol. The van der Waals surface area contributed by atoms with Gasteiger partial charge in [-0.25, -0.2) is 0 Å². The highest BCUT2D eigenvalue weighted by atomic mass is 35.5. The Morgan fingerprint density at radius 2 is 2.08 bits per heavy atom. The van der Waals surface area contributed by atoms with Gasteiger partial charge in [-0.2, -0.15) is 0 Å². The maximum Gasteiger partial charge on any atom is 0.258 e. The molecule has 0 saturated carbocycles. The normalized spacial score (nSPS) is 17.0. The summed E-state index contributed by atoms with van der Waals surface area (Å²) in [4.78, 5) is 15.2. The molecule has 1 amide bonds. The molecule has 4 nitrogen and oxygen atoms in total. The number of hydrogen-bond donors (Lipinski definition) is 2. The van der Waals surface area contributed by atoms with E-state index < -0.39 is 0 Å². The molecule has 3 rings (SSSR count). The summed E-state index contributed by atoms with van der Waals surface area (Å²) < 4.78 is 5.54. The van der Waals surface area contributed by atoms with Gasteiger partial charge in [0, 0.05) is 17.9 Å². The van der Waals surface area contributed by atoms with Crippen molar-refractivity contribution in [3.8, 4) is 5.75 Å². The molecule has 0 radical (unpaired) electrons. The number of amides is 1. The highest BCUT2D eigenvalue weighted by molar-refractivity contribution is 7.10. The second-order valence-electron chi connectivity index (χ2n) is 6.58. The third-order valence-corrected chi connectivity index (χ3v) is 6.16. The van der Waals surface area contributed by atoms with Crippen LogP contribution in [-0.4, -0.2) is 31.6 Å². The van der Waals surface area contributed by atoms with Gasteiger partial charge < -0.3 is 15.0 Å². The molecule has 7 heteroatoms. The molecule has 2 atom stereocenters. The van der Waals surface area contributed by atoms with Gasteiger partial charge in [-0.1, -0.05) is 29.3 Å². The summed E-state index contributed by atoms with van der Waals surface area (Å²) in [5.74, 6) is 0.308. The maximum absolute atomic E-state index is 12.4. The van der Waals surface area contributed by atoms with Crippen LogP contribution in [0.15, 0.2) is 35.7 Å². The Morgan fingerprint density at radius 1 is 1.31 bits per heavy atom. The number of likely N-dealkylation sites (tertiary alicyclic amines) is 1. The highest BCUT2D eigenvalue weighted by Gasteiger charge is 2.33. The number of ether oxygens (including phenoxy) is 1. The van der Waals surface area contributed by atoms with E-state index in [0.29, 0.717) is 15.8 Å². The van der Waals surface area contributed by atoms with Crippen LogP contribution < -0.4 is 15.0 Å². The van der Waals surface area contributed by atoms with Crippen LogP contribution in [0, 0.1) is 0 Å². The van der Waals surface area contributed by atoms with E-state index >= 15 is 0 Å². The zero-order chi connectivity index (χ0) is 18.5. The van der Waals surface area contributed by atoms with E-state index in [-0.39, 0.29) is 24.6 Å². The first-order valence-corrected chi connectivity index (χ1v) is 10.4. The third-order valence-electron chi connectivity index (χ3n) is 4.68. The number of halogens is 2. The molecule has 140 valence electrons. The van der Waals surface area contributed by atoms with E-state index in [4.69, 9.17) is 27.9 Å². The van der Waals surface area contributed by atoms with E-state index in [1.54, 1.807) is 34.4 Å². The molecule has 1 saturated heterocycles. The molecular formula is C19H23Cl2N2O2S+. The molecule has 1 aliphatic rings. The smallest absolute Gasteiger partial charge is 0.258 e. The fraction of sp³-hybridized carbons (Fsp3) is 0.421. The standard InChI is InChI=1S/C19H22Cl2N2O2S/c1-13(19(17-5-4-10-26-17)23-8-2-3-9-23)22-18(24)12-25-16-7-6-14(20)11-15(16)21/h4-7,10-11,13,19H,2-3,8-9,12H2,1H3,(H,22,24)/p+1/t13-,19-/m0/s1. The minimum absolute atomic E-state index is 0.0264. The molecule has 2 aromatic rings. The SMILES string of the molecule is C[C@H](NC(=O)COc1ccc(Cl)cc1Cl)[C@@H](c1cccs1)[NH+]1CCCC1. The van der Waals surface area contributed by atoms with E-state index in [2.05, 4.69) is 29.8 Å². The summed E-state index contributed by atoms with van der Waals surface area (Å²) in [5, 5.41) is 6.13. The predicted octanol–water partition coefficient (Wildman–Crippen LogP) is 3.36. The lowest BCUT2D eigenvalue weighted by molar-refractivity contribution is -0.920. The topological polar surface area (TPSA) is 42.8 Å². The molecule has 0 aliphatic carbocycles. The Bertz CT molecular complexity index is 733. The maximum atomic E-state index is 12.4. The Labute approximate surface area is 168 Å². The van der Waals surface area contributed by atoms with Gasteiger partial charge in [0.2, 0.25) is 0 Å². The molecule has 0 spiro atoms. The van der Waals surface area contributed by atoms with Crippen LogP contribution in [0.25, 0.3) is 0 Å². The van der Waals surface area contributed by atoms with Gasteiger partial charge in [-0.05, 0) is 36.6 Å². The minimum atomic E-state index is -0.149. The van der Waals surface area contributed by atoms with Crippen molar-refractivity contribution in [3.05, 3.63) is 50.6 Å². The number of hydrogen-bond acceptors (Lipinski definition) is 3. The summed E-state index contributed by atoms with van der Waals surface area (Å²) >= 11 is 13.7. The van der Waals surface area contributed by atoms with Crippen LogP contribution in [0.4, 0.5) is 0 Å². The number of rotatable bonds is 7. The first-order valence-electron chi connectivity index (χ1n) is 8.80. The largest absolute Gasteiger partial charge is 0.482 e. The molecule has 0 unspecified atom stereocenters. The fourth-order valence-corrected chi connectivity index (χ4v) is 4.98. The predicted molar refractivity (Wildman–Crippen MR) is 107 cm³/mol. The Kier molecular flexibility index (Phi) is 6.81. The number of quaternary nitrogens is 1. The summed E-state index contributed by atoms with van der Waals surface area (Å²) in [6.07, 6.45) is 2.49. The number of carbonyl (C=O) groups is 1. The van der Waals surface area contributed by atoms with Crippen LogP contribution in [0.5, 0.6) is 5.75 Å². The Morgan fingerprint density at radius 3 is 2.73 bits per heavy atom. The van der Waals surface area contributed by atoms with Gasteiger partial charge in [0.05, 0.1) is 29.0 Å². The lowest BCUT2D eigenvalue weighted by atomic mass is 10.1. The highest BCUT2D eigenvalue weighted by Crippen LogP contribution is 2.27. The van der Waals surface area contributed by atoms with Gasteiger partial charge in [0.25, 0.3) is 5.91 Å². The second kappa shape index (κ2) is 9.09. The Balaban J connectivity index is 1.59. The molecule has 1 fully saturated rings. The van der Waals surface area contributed by atoms with Crippen LogP contribution in [0.1, 0.15) is 30.7 Å². The number of thiophene rings is 1. The van der Waals surface area contributed by atoms with Crippen LogP contribution in [-0.2, 0) is 4.79 Å². The molecular weight excluding hydrogens is 391 g/mol. The van der Waals surface area contributed by atoms with Crippen molar-refractivity contribution in [2.45, 2.75) is 31.8 Å². The van der Waals surface area contributed by atoms with Gasteiger partial charge in [-0.3, -0.25) is 4.79 Å². The van der Waals surface area contributed by atoms with Crippen molar-refractivity contribution in [1.29, 1.82) is 0 Å². The van der Waals surface area contributed by atoms with Crippen molar-refractivity contribution < 1.29 is 14.4 Å². The zero-order valence-electron chi connectivity index (χ0n) is 14.6. The summed E-state index contributed by atoms with van der Waals surface area (Å²) in [5.41, 5.74) is 0. The number of nitrogens with one attached hydrogen (secondary N) is 2. The quantitative estimate of drug-likeness (QED) is 0.730. The van der Waals surface area contributed by atoms with Crippen molar-refractivity contribution in [3.63, 3.8) is 0 Å². The molecule has 1 aromatic heterocycles. The average Bonchev–Trinajstić information content (AvgIpc) is 3.28. The van der Waals surface area contributed by atoms with Gasteiger partial charge in [-0.15, -0.1) is 11.3 Å². The summed E-state index contributed by atoms with van der Waals surface area (Å²) in [6, 6.07) is 9.49. The van der Waals surface area contributed by atoms with Gasteiger partial charge in [0.15, 0.2) is 6.61 Å². The minimum Gasteiger partial charge on any atom is -0.482 e. The number of carbonyl (C=O) groups excluding carboxylic acids is 1. The Hall–Kier alpha value is -1.27. The van der Waals surface area contributed by atoms with Crippen molar-refractivity contribution >= 4 is 40.4 Å². The molecule has 26 heavy (non-hydrogen) atoms. The number of benzene rings is 1. The molecule has 2 N–H and O–H groups in total. The summed E-state index contributed by atoms with van der Waals surface area (Å²) in [6.45, 7) is 4.31. The van der Waals surface area contributed by atoms with E-state index in [1.165, 1.54) is 17.7 Å². The fourth-order valence-electron chi connectivity index (χ4n) is 3.52. The first kappa shape index (κ1) is 19.5. The van der Waals surface area contributed by atoms with Crippen LogP contribution in [0.2, 0.25) is 10.0 Å². The van der Waals surface area contributed by atoms with Gasteiger partial charge in [0.1, 0.15) is 11.8 Å². The van der Waals surface area contributed by atoms with Crippen LogP contribution in [0.3, 0.4) is 0 Å². The van der Waals surface area contributed by atoms with Crippen LogP contribution >= 0.6 is 34.5 Å². The second-order valence-corrected chi connectivity index (χ2v) is 8.40. The van der Waals surface area contributed by atoms with Crippen molar-refractivity contribution in [1.82, 2.24) is 5.32 Å². The van der Waals surface area contributed by atoms with E-state index in [1.807, 2.05) is 0 Å².